The van der Waals surface area contributed by atoms with Crippen LogP contribution in [0.4, 0.5) is 9.18 Å². The number of ether oxygens (including phenoxy) is 2. The van der Waals surface area contributed by atoms with E-state index in [0.717, 1.165) is 11.1 Å². The van der Waals surface area contributed by atoms with Gasteiger partial charge in [-0.2, -0.15) is 0 Å². The Bertz CT molecular complexity index is 988. The molecule has 1 aliphatic heterocycles. The zero-order valence-electron chi connectivity index (χ0n) is 20.7. The second-order valence-electron chi connectivity index (χ2n) is 9.85. The van der Waals surface area contributed by atoms with Gasteiger partial charge in [-0.1, -0.05) is 48.5 Å². The van der Waals surface area contributed by atoms with E-state index in [2.05, 4.69) is 11.9 Å². The van der Waals surface area contributed by atoms with Crippen molar-refractivity contribution in [3.63, 3.8) is 0 Å². The number of nitrogens with zero attached hydrogens (tertiary/aromatic N) is 1. The highest BCUT2D eigenvalue weighted by Gasteiger charge is 2.38. The summed E-state index contributed by atoms with van der Waals surface area (Å²) in [7, 11) is 0. The molecule has 0 aliphatic carbocycles. The third kappa shape index (κ3) is 8.21. The number of halogens is 1. The third-order valence-corrected chi connectivity index (χ3v) is 5.77. The predicted molar refractivity (Wildman–Crippen MR) is 133 cm³/mol. The second kappa shape index (κ2) is 12.0. The van der Waals surface area contributed by atoms with Crippen LogP contribution in [0.15, 0.2) is 67.3 Å². The Morgan fingerprint density at radius 1 is 1.14 bits per heavy atom. The normalized spacial score (nSPS) is 18.7. The summed E-state index contributed by atoms with van der Waals surface area (Å²) in [4.78, 5) is 28.0. The van der Waals surface area contributed by atoms with Gasteiger partial charge in [0.15, 0.2) is 0 Å². The Labute approximate surface area is 207 Å². The van der Waals surface area contributed by atoms with E-state index in [4.69, 9.17) is 9.47 Å². The van der Waals surface area contributed by atoms with E-state index in [9.17, 15) is 14.0 Å². The number of hydrogen-bond donors (Lipinski definition) is 1. The highest BCUT2D eigenvalue weighted by atomic mass is 19.1. The molecular weight excluding hydrogens is 447 g/mol. The average molecular weight is 483 g/mol. The minimum atomic E-state index is -0.865. The first-order chi connectivity index (χ1) is 16.6. The summed E-state index contributed by atoms with van der Waals surface area (Å²) < 4.78 is 24.9. The van der Waals surface area contributed by atoms with Crippen molar-refractivity contribution < 1.29 is 23.5 Å². The fraction of sp³-hybridized carbons (Fsp3) is 0.429. The summed E-state index contributed by atoms with van der Waals surface area (Å²) in [6.07, 6.45) is 2.50. The van der Waals surface area contributed by atoms with Gasteiger partial charge < -0.3 is 19.7 Å². The lowest BCUT2D eigenvalue weighted by atomic mass is 10.0. The van der Waals surface area contributed by atoms with E-state index in [1.165, 1.54) is 12.1 Å². The first kappa shape index (κ1) is 26.4. The van der Waals surface area contributed by atoms with Crippen LogP contribution in [0.25, 0.3) is 0 Å². The minimum Gasteiger partial charge on any atom is -0.444 e. The van der Waals surface area contributed by atoms with Gasteiger partial charge in [0.25, 0.3) is 0 Å². The van der Waals surface area contributed by atoms with Gasteiger partial charge in [0.05, 0.1) is 12.7 Å². The molecule has 0 spiro atoms. The standard InChI is InChI=1S/C28H35FN2O4/c1-5-9-23-17-24(34-19-21-10-7-6-8-11-21)18-31(23)26(32)25(30-27(33)35-28(2,3)4)16-20-12-14-22(29)15-13-20/h5-8,10-15,23-25H,1,9,16-19H2,2-4H3,(H,30,33). The van der Waals surface area contributed by atoms with Gasteiger partial charge in [-0.05, 0) is 56.9 Å². The number of likely N-dealkylation sites (tertiary alicyclic amines) is 1. The smallest absolute Gasteiger partial charge is 0.408 e. The summed E-state index contributed by atoms with van der Waals surface area (Å²) in [6, 6.07) is 14.9. The summed E-state index contributed by atoms with van der Waals surface area (Å²) in [6.45, 7) is 10.0. The third-order valence-electron chi connectivity index (χ3n) is 5.77. The van der Waals surface area contributed by atoms with Crippen LogP contribution in [0.1, 0.15) is 44.7 Å². The Morgan fingerprint density at radius 2 is 1.83 bits per heavy atom. The highest BCUT2D eigenvalue weighted by molar-refractivity contribution is 5.86. The topological polar surface area (TPSA) is 67.9 Å². The van der Waals surface area contributed by atoms with Gasteiger partial charge in [-0.15, -0.1) is 6.58 Å². The first-order valence-corrected chi connectivity index (χ1v) is 12.0. The van der Waals surface area contributed by atoms with Crippen LogP contribution in [-0.2, 0) is 27.3 Å². The van der Waals surface area contributed by atoms with Crippen molar-refractivity contribution in [2.75, 3.05) is 6.54 Å². The SMILES string of the molecule is C=CCC1CC(OCc2ccccc2)CN1C(=O)C(Cc1ccc(F)cc1)NC(=O)OC(C)(C)C. The first-order valence-electron chi connectivity index (χ1n) is 12.0. The molecule has 1 aliphatic rings. The number of alkyl carbamates (subject to hydrolysis) is 1. The van der Waals surface area contributed by atoms with Gasteiger partial charge in [-0.3, -0.25) is 4.79 Å². The number of benzene rings is 2. The molecule has 1 saturated heterocycles. The second-order valence-corrected chi connectivity index (χ2v) is 9.85. The van der Waals surface area contributed by atoms with Crippen molar-refractivity contribution in [2.45, 2.75) is 70.4 Å². The fourth-order valence-electron chi connectivity index (χ4n) is 4.17. The summed E-state index contributed by atoms with van der Waals surface area (Å²) in [5.74, 6) is -0.585. The molecule has 3 atom stereocenters. The van der Waals surface area contributed by atoms with Crippen molar-refractivity contribution in [3.8, 4) is 0 Å². The van der Waals surface area contributed by atoms with E-state index in [1.54, 1.807) is 43.9 Å². The highest BCUT2D eigenvalue weighted by Crippen LogP contribution is 2.26. The number of hydrogen-bond acceptors (Lipinski definition) is 4. The van der Waals surface area contributed by atoms with E-state index >= 15 is 0 Å². The quantitative estimate of drug-likeness (QED) is 0.510. The lowest BCUT2D eigenvalue weighted by Crippen LogP contribution is -2.52. The summed E-state index contributed by atoms with van der Waals surface area (Å²) in [5, 5.41) is 2.74. The molecule has 1 N–H and O–H groups in total. The van der Waals surface area contributed by atoms with Crippen LogP contribution in [0.3, 0.4) is 0 Å². The Morgan fingerprint density at radius 3 is 2.46 bits per heavy atom. The van der Waals surface area contributed by atoms with E-state index in [0.29, 0.717) is 26.0 Å². The molecule has 2 aromatic rings. The zero-order chi connectivity index (χ0) is 25.4. The summed E-state index contributed by atoms with van der Waals surface area (Å²) in [5.41, 5.74) is 1.10. The van der Waals surface area contributed by atoms with Crippen molar-refractivity contribution in [1.29, 1.82) is 0 Å². The maximum atomic E-state index is 13.7. The van der Waals surface area contributed by atoms with Crippen LogP contribution in [0.5, 0.6) is 0 Å². The van der Waals surface area contributed by atoms with Crippen molar-refractivity contribution in [2.24, 2.45) is 0 Å². The molecule has 1 fully saturated rings. The molecule has 0 bridgehead atoms. The molecular formula is C28H35FN2O4. The van der Waals surface area contributed by atoms with E-state index in [-0.39, 0.29) is 30.3 Å². The monoisotopic (exact) mass is 482 g/mol. The lowest BCUT2D eigenvalue weighted by molar-refractivity contribution is -0.134. The Balaban J connectivity index is 1.74. The van der Waals surface area contributed by atoms with Crippen LogP contribution in [0, 0.1) is 5.82 Å². The maximum Gasteiger partial charge on any atom is 0.408 e. The van der Waals surface area contributed by atoms with Crippen molar-refractivity contribution >= 4 is 12.0 Å². The zero-order valence-corrected chi connectivity index (χ0v) is 20.7. The number of carbonyl (C=O) groups excluding carboxylic acids is 2. The molecule has 35 heavy (non-hydrogen) atoms. The van der Waals surface area contributed by atoms with Crippen molar-refractivity contribution in [3.05, 3.63) is 84.2 Å². The number of nitrogens with one attached hydrogen (secondary N) is 1. The van der Waals surface area contributed by atoms with Crippen LogP contribution in [-0.4, -0.2) is 47.2 Å². The average Bonchev–Trinajstić information content (AvgIpc) is 3.20. The maximum absolute atomic E-state index is 13.7. The molecule has 2 amide bonds. The van der Waals surface area contributed by atoms with Crippen LogP contribution in [0.2, 0.25) is 0 Å². The molecule has 6 nitrogen and oxygen atoms in total. The van der Waals surface area contributed by atoms with Crippen LogP contribution >= 0.6 is 0 Å². The molecule has 3 unspecified atom stereocenters. The van der Waals surface area contributed by atoms with Gasteiger partial charge in [0, 0.05) is 19.0 Å². The largest absolute Gasteiger partial charge is 0.444 e. The fourth-order valence-corrected chi connectivity index (χ4v) is 4.17. The Hall–Kier alpha value is -3.19. The van der Waals surface area contributed by atoms with Gasteiger partial charge in [0.1, 0.15) is 17.5 Å². The van der Waals surface area contributed by atoms with Crippen molar-refractivity contribution in [1.82, 2.24) is 10.2 Å². The number of rotatable bonds is 9. The molecule has 2 aromatic carbocycles. The number of amides is 2. The van der Waals surface area contributed by atoms with Gasteiger partial charge in [-0.25, -0.2) is 9.18 Å². The summed E-state index contributed by atoms with van der Waals surface area (Å²) >= 11 is 0. The van der Waals surface area contributed by atoms with Gasteiger partial charge >= 0.3 is 6.09 Å². The molecule has 188 valence electrons. The molecule has 3 rings (SSSR count). The molecule has 0 radical (unpaired) electrons. The lowest BCUT2D eigenvalue weighted by Gasteiger charge is -2.29. The van der Waals surface area contributed by atoms with E-state index in [1.807, 2.05) is 30.3 Å². The Kier molecular flexibility index (Phi) is 9.04. The molecule has 0 aromatic heterocycles. The molecule has 1 heterocycles. The molecule has 0 saturated carbocycles. The van der Waals surface area contributed by atoms with Crippen LogP contribution < -0.4 is 5.32 Å². The number of carbonyl (C=O) groups is 2. The predicted octanol–water partition coefficient (Wildman–Crippen LogP) is 5.02. The van der Waals surface area contributed by atoms with Gasteiger partial charge in [0.2, 0.25) is 5.91 Å². The molecule has 7 heteroatoms. The van der Waals surface area contributed by atoms with E-state index < -0.39 is 17.7 Å². The minimum absolute atomic E-state index is 0.0862.